The van der Waals surface area contributed by atoms with Crippen LogP contribution < -0.4 is 4.74 Å². The van der Waals surface area contributed by atoms with Gasteiger partial charge in [-0.05, 0) is 67.1 Å². The molecule has 0 spiro atoms. The minimum atomic E-state index is -0.643. The quantitative estimate of drug-likeness (QED) is 0.531. The largest absolute Gasteiger partial charge is 0.456 e. The van der Waals surface area contributed by atoms with Crippen molar-refractivity contribution in [1.82, 2.24) is 0 Å². The summed E-state index contributed by atoms with van der Waals surface area (Å²) in [5.41, 5.74) is 1.83. The molecule has 3 nitrogen and oxygen atoms in total. The Labute approximate surface area is 172 Å². The Morgan fingerprint density at radius 1 is 1.07 bits per heavy atom. The van der Waals surface area contributed by atoms with Gasteiger partial charge in [0, 0.05) is 16.3 Å². The van der Waals surface area contributed by atoms with Crippen molar-refractivity contribution in [2.45, 2.75) is 38.5 Å². The first-order valence-electron chi connectivity index (χ1n) is 9.31. The van der Waals surface area contributed by atoms with Crippen LogP contribution in [0.25, 0.3) is 0 Å². The first-order valence-corrected chi connectivity index (χ1v) is 10.5. The fourth-order valence-corrected chi connectivity index (χ4v) is 5.04. The summed E-state index contributed by atoms with van der Waals surface area (Å²) in [4.78, 5) is 25.9. The maximum Gasteiger partial charge on any atom is 0.150 e. The van der Waals surface area contributed by atoms with Crippen LogP contribution in [0.3, 0.4) is 0 Å². The van der Waals surface area contributed by atoms with Gasteiger partial charge in [-0.25, -0.2) is 0 Å². The Kier molecular flexibility index (Phi) is 5.13. The topological polar surface area (TPSA) is 43.4 Å². The molecule has 0 heterocycles. The van der Waals surface area contributed by atoms with E-state index in [0.717, 1.165) is 41.3 Å². The molecule has 3 atom stereocenters. The van der Waals surface area contributed by atoms with Crippen LogP contribution in [0.5, 0.6) is 11.5 Å². The molecule has 2 aliphatic carbocycles. The monoisotopic (exact) mass is 446 g/mol. The second-order valence-electron chi connectivity index (χ2n) is 7.34. The van der Waals surface area contributed by atoms with Gasteiger partial charge in [0.15, 0.2) is 11.6 Å². The third-order valence-electron chi connectivity index (χ3n) is 5.74. The molecule has 2 fully saturated rings. The number of hydrogen-bond acceptors (Lipinski definition) is 3. The zero-order valence-corrected chi connectivity index (χ0v) is 17.3. The number of ether oxygens (including phenoxy) is 1. The lowest BCUT2D eigenvalue weighted by Crippen LogP contribution is -2.35. The first-order chi connectivity index (χ1) is 13.0. The van der Waals surface area contributed by atoms with Gasteiger partial charge in [0.1, 0.15) is 17.4 Å². The lowest BCUT2D eigenvalue weighted by molar-refractivity contribution is -0.135. The van der Waals surface area contributed by atoms with Crippen LogP contribution in [0.15, 0.2) is 40.9 Å². The lowest BCUT2D eigenvalue weighted by atomic mass is 9.74. The van der Waals surface area contributed by atoms with Gasteiger partial charge in [0.05, 0.1) is 5.02 Å². The van der Waals surface area contributed by atoms with E-state index in [1.54, 1.807) is 12.1 Å². The molecular formula is C22H20BrClO3. The fraction of sp³-hybridized carbons (Fsp3) is 0.364. The SMILES string of the molecule is CCc1ccc(Oc2ccc(Br)cc2Cl)cc1C1C(=O)[C@@H]2CC[C@@H](C2)C1=O. The summed E-state index contributed by atoms with van der Waals surface area (Å²) < 4.78 is 6.83. The number of carbonyl (C=O) groups is 2. The van der Waals surface area contributed by atoms with Gasteiger partial charge < -0.3 is 4.74 Å². The molecule has 5 heteroatoms. The van der Waals surface area contributed by atoms with Crippen LogP contribution in [0.1, 0.15) is 43.2 Å². The molecule has 27 heavy (non-hydrogen) atoms. The summed E-state index contributed by atoms with van der Waals surface area (Å²) in [6.07, 6.45) is 3.19. The Morgan fingerprint density at radius 3 is 2.41 bits per heavy atom. The van der Waals surface area contributed by atoms with Gasteiger partial charge in [0.25, 0.3) is 0 Å². The van der Waals surface area contributed by atoms with Gasteiger partial charge in [0.2, 0.25) is 0 Å². The van der Waals surface area contributed by atoms with Crippen molar-refractivity contribution >= 4 is 39.1 Å². The minimum absolute atomic E-state index is 0.0351. The van der Waals surface area contributed by atoms with Crippen molar-refractivity contribution in [1.29, 1.82) is 0 Å². The van der Waals surface area contributed by atoms with E-state index in [4.69, 9.17) is 16.3 Å². The fourth-order valence-electron chi connectivity index (χ4n) is 4.33. The number of fused-ring (bicyclic) bond motifs is 2. The maximum absolute atomic E-state index is 12.9. The van der Waals surface area contributed by atoms with E-state index < -0.39 is 5.92 Å². The number of hydrogen-bond donors (Lipinski definition) is 0. The van der Waals surface area contributed by atoms with E-state index in [0.29, 0.717) is 16.5 Å². The van der Waals surface area contributed by atoms with Crippen LogP contribution in [0, 0.1) is 11.8 Å². The van der Waals surface area contributed by atoms with Crippen LogP contribution in [-0.2, 0) is 16.0 Å². The summed E-state index contributed by atoms with van der Waals surface area (Å²) in [6, 6.07) is 11.1. The summed E-state index contributed by atoms with van der Waals surface area (Å²) in [7, 11) is 0. The molecule has 4 rings (SSSR count). The van der Waals surface area contributed by atoms with E-state index in [1.165, 1.54) is 0 Å². The van der Waals surface area contributed by atoms with Gasteiger partial charge in [-0.3, -0.25) is 9.59 Å². The molecule has 2 saturated carbocycles. The van der Waals surface area contributed by atoms with Crippen LogP contribution in [-0.4, -0.2) is 11.6 Å². The first kappa shape index (κ1) is 18.7. The summed E-state index contributed by atoms with van der Waals surface area (Å²) >= 11 is 9.64. The van der Waals surface area contributed by atoms with Crippen molar-refractivity contribution in [2.24, 2.45) is 11.8 Å². The van der Waals surface area contributed by atoms with Crippen LogP contribution in [0.2, 0.25) is 5.02 Å². The molecule has 0 N–H and O–H groups in total. The van der Waals surface area contributed by atoms with Gasteiger partial charge >= 0.3 is 0 Å². The molecule has 0 aliphatic heterocycles. The maximum atomic E-state index is 12.9. The van der Waals surface area contributed by atoms with E-state index >= 15 is 0 Å². The molecule has 2 bridgehead atoms. The van der Waals surface area contributed by atoms with Crippen molar-refractivity contribution in [3.63, 3.8) is 0 Å². The van der Waals surface area contributed by atoms with E-state index in [9.17, 15) is 9.59 Å². The highest BCUT2D eigenvalue weighted by atomic mass is 79.9. The standard InChI is InChI=1S/C22H20BrClO3/c1-2-12-5-7-16(27-19-8-6-15(23)10-18(19)24)11-17(12)20-21(25)13-3-4-14(9-13)22(20)26/h5-8,10-11,13-14,20H,2-4,9H2,1H3/t13-,14+,20?. The molecular weight excluding hydrogens is 428 g/mol. The Morgan fingerprint density at radius 2 is 1.78 bits per heavy atom. The van der Waals surface area contributed by atoms with E-state index in [2.05, 4.69) is 15.9 Å². The molecule has 0 radical (unpaired) electrons. The molecule has 1 unspecified atom stereocenters. The Balaban J connectivity index is 1.71. The van der Waals surface area contributed by atoms with Gasteiger partial charge in [-0.1, -0.05) is 40.5 Å². The number of rotatable bonds is 4. The summed E-state index contributed by atoms with van der Waals surface area (Å²) in [6.45, 7) is 2.04. The molecule has 0 aromatic heterocycles. The van der Waals surface area contributed by atoms with Crippen molar-refractivity contribution < 1.29 is 14.3 Å². The van der Waals surface area contributed by atoms with E-state index in [1.807, 2.05) is 31.2 Å². The number of benzene rings is 2. The highest BCUT2D eigenvalue weighted by Crippen LogP contribution is 2.45. The van der Waals surface area contributed by atoms with Crippen molar-refractivity contribution in [3.05, 3.63) is 57.0 Å². The number of Topliss-reactive ketones (excluding diaryl/α,β-unsaturated/α-hetero) is 2. The van der Waals surface area contributed by atoms with Gasteiger partial charge in [-0.15, -0.1) is 0 Å². The number of carbonyl (C=O) groups excluding carboxylic acids is 2. The molecule has 2 aliphatic rings. The van der Waals surface area contributed by atoms with Crippen molar-refractivity contribution in [2.75, 3.05) is 0 Å². The highest BCUT2D eigenvalue weighted by Gasteiger charge is 2.47. The summed E-state index contributed by atoms with van der Waals surface area (Å²) in [5.74, 6) is 0.724. The normalized spacial score (nSPS) is 24.3. The predicted octanol–water partition coefficient (Wildman–Crippen LogP) is 6.11. The average Bonchev–Trinajstić information content (AvgIpc) is 3.10. The molecule has 2 aromatic rings. The summed E-state index contributed by atoms with van der Waals surface area (Å²) in [5, 5.41) is 0.494. The van der Waals surface area contributed by atoms with E-state index in [-0.39, 0.29) is 23.4 Å². The number of aryl methyl sites for hydroxylation is 1. The minimum Gasteiger partial charge on any atom is -0.456 e. The third-order valence-corrected chi connectivity index (χ3v) is 6.53. The second kappa shape index (κ2) is 7.40. The molecule has 140 valence electrons. The molecule has 0 saturated heterocycles. The number of ketones is 2. The lowest BCUT2D eigenvalue weighted by Gasteiger charge is -2.27. The highest BCUT2D eigenvalue weighted by molar-refractivity contribution is 9.10. The second-order valence-corrected chi connectivity index (χ2v) is 8.66. The molecule has 2 aromatic carbocycles. The zero-order valence-electron chi connectivity index (χ0n) is 15.0. The third kappa shape index (κ3) is 3.45. The van der Waals surface area contributed by atoms with Gasteiger partial charge in [-0.2, -0.15) is 0 Å². The van der Waals surface area contributed by atoms with Crippen LogP contribution in [0.4, 0.5) is 0 Å². The van der Waals surface area contributed by atoms with Crippen molar-refractivity contribution in [3.8, 4) is 11.5 Å². The predicted molar refractivity (Wildman–Crippen MR) is 109 cm³/mol. The Bertz CT molecular complexity index is 902. The smallest absolute Gasteiger partial charge is 0.150 e. The zero-order chi connectivity index (χ0) is 19.1. The Hall–Kier alpha value is -1.65. The average molecular weight is 448 g/mol. The molecule has 0 amide bonds. The van der Waals surface area contributed by atoms with Crippen LogP contribution >= 0.6 is 27.5 Å². The number of halogens is 2.